The van der Waals surface area contributed by atoms with Gasteiger partial charge < -0.3 is 9.84 Å². The van der Waals surface area contributed by atoms with E-state index < -0.39 is 17.9 Å². The van der Waals surface area contributed by atoms with Gasteiger partial charge in [-0.3, -0.25) is 14.3 Å². The summed E-state index contributed by atoms with van der Waals surface area (Å²) in [6.45, 7) is 1.81. The lowest BCUT2D eigenvalue weighted by atomic mass is 10.0. The highest BCUT2D eigenvalue weighted by Crippen LogP contribution is 2.09. The minimum Gasteiger partial charge on any atom is -0.481 e. The first kappa shape index (κ1) is 12.2. The summed E-state index contributed by atoms with van der Waals surface area (Å²) in [5, 5.41) is 12.9. The van der Waals surface area contributed by atoms with Gasteiger partial charge in [-0.2, -0.15) is 5.10 Å². The Bertz CT molecular complexity index is 386. The summed E-state index contributed by atoms with van der Waals surface area (Å²) < 4.78 is 6.24. The maximum atomic E-state index is 11.4. The minimum atomic E-state index is -1.19. The van der Waals surface area contributed by atoms with Crippen LogP contribution in [0, 0.1) is 5.92 Å². The van der Waals surface area contributed by atoms with E-state index in [1.807, 2.05) is 0 Å². The molecule has 1 atom stereocenters. The van der Waals surface area contributed by atoms with Crippen LogP contribution in [0.25, 0.3) is 0 Å². The second-order valence-corrected chi connectivity index (χ2v) is 3.33. The summed E-state index contributed by atoms with van der Waals surface area (Å²) in [6, 6.07) is 1.68. The minimum absolute atomic E-state index is 0.0506. The van der Waals surface area contributed by atoms with E-state index in [4.69, 9.17) is 5.11 Å². The van der Waals surface area contributed by atoms with Crippen molar-refractivity contribution in [3.05, 3.63) is 18.0 Å². The van der Waals surface area contributed by atoms with Crippen molar-refractivity contribution in [2.24, 2.45) is 13.0 Å². The van der Waals surface area contributed by atoms with Crippen LogP contribution in [0.15, 0.2) is 12.3 Å². The third kappa shape index (κ3) is 3.08. The fourth-order valence-corrected chi connectivity index (χ4v) is 1.30. The average molecular weight is 226 g/mol. The number of carbonyl (C=O) groups excluding carboxylic acids is 1. The standard InChI is InChI=1S/C10H14N2O4/c1-3-16-10(15)8(9(13)14)6-7-4-5-12(2)11-7/h4-5,8H,3,6H2,1-2H3,(H,13,14). The normalized spacial score (nSPS) is 12.1. The molecule has 1 N–H and O–H groups in total. The van der Waals surface area contributed by atoms with Gasteiger partial charge in [0.15, 0.2) is 5.92 Å². The predicted molar refractivity (Wildman–Crippen MR) is 54.7 cm³/mol. The topological polar surface area (TPSA) is 81.4 Å². The van der Waals surface area contributed by atoms with Crippen molar-refractivity contribution >= 4 is 11.9 Å². The number of aryl methyl sites for hydroxylation is 1. The first-order chi connectivity index (χ1) is 7.54. The van der Waals surface area contributed by atoms with Crippen molar-refractivity contribution in [1.29, 1.82) is 0 Å². The molecule has 0 saturated heterocycles. The van der Waals surface area contributed by atoms with E-state index >= 15 is 0 Å². The Kier molecular flexibility index (Phi) is 4.04. The zero-order valence-corrected chi connectivity index (χ0v) is 9.21. The SMILES string of the molecule is CCOC(=O)C(Cc1ccn(C)n1)C(=O)O. The highest BCUT2D eigenvalue weighted by atomic mass is 16.5. The predicted octanol–water partition coefficient (Wildman–Crippen LogP) is 0.226. The molecule has 1 heterocycles. The van der Waals surface area contributed by atoms with Gasteiger partial charge in [0.05, 0.1) is 12.3 Å². The summed E-state index contributed by atoms with van der Waals surface area (Å²) in [5.74, 6) is -3.10. The van der Waals surface area contributed by atoms with Crippen LogP contribution in [-0.4, -0.2) is 33.4 Å². The van der Waals surface area contributed by atoms with Gasteiger partial charge in [0, 0.05) is 19.7 Å². The van der Waals surface area contributed by atoms with Crippen molar-refractivity contribution in [3.8, 4) is 0 Å². The van der Waals surface area contributed by atoms with Crippen LogP contribution in [0.3, 0.4) is 0 Å². The number of hydrogen-bond acceptors (Lipinski definition) is 4. The Morgan fingerprint density at radius 1 is 1.62 bits per heavy atom. The molecule has 16 heavy (non-hydrogen) atoms. The van der Waals surface area contributed by atoms with Gasteiger partial charge in [0.25, 0.3) is 0 Å². The number of nitrogens with zero attached hydrogens (tertiary/aromatic N) is 2. The lowest BCUT2D eigenvalue weighted by Crippen LogP contribution is -2.28. The smallest absolute Gasteiger partial charge is 0.320 e. The number of ether oxygens (including phenoxy) is 1. The molecule has 0 amide bonds. The van der Waals surface area contributed by atoms with E-state index in [2.05, 4.69) is 9.84 Å². The number of carbonyl (C=O) groups is 2. The van der Waals surface area contributed by atoms with Gasteiger partial charge in [0.2, 0.25) is 0 Å². The molecule has 0 aliphatic heterocycles. The highest BCUT2D eigenvalue weighted by Gasteiger charge is 2.28. The molecule has 0 radical (unpaired) electrons. The Balaban J connectivity index is 2.72. The molecular formula is C10H14N2O4. The Labute approximate surface area is 92.8 Å². The fraction of sp³-hybridized carbons (Fsp3) is 0.500. The number of esters is 1. The molecule has 0 bridgehead atoms. The van der Waals surface area contributed by atoms with E-state index in [-0.39, 0.29) is 13.0 Å². The van der Waals surface area contributed by atoms with Crippen LogP contribution in [0.4, 0.5) is 0 Å². The fourth-order valence-electron chi connectivity index (χ4n) is 1.30. The number of carboxylic acid groups (broad SMARTS) is 1. The third-order valence-corrected chi connectivity index (χ3v) is 2.05. The van der Waals surface area contributed by atoms with Gasteiger partial charge in [-0.25, -0.2) is 0 Å². The molecule has 6 nitrogen and oxygen atoms in total. The molecule has 0 spiro atoms. The van der Waals surface area contributed by atoms with Crippen LogP contribution in [0.5, 0.6) is 0 Å². The molecule has 1 unspecified atom stereocenters. The van der Waals surface area contributed by atoms with E-state index in [1.54, 1.807) is 30.9 Å². The summed E-state index contributed by atoms with van der Waals surface area (Å²) >= 11 is 0. The number of aromatic nitrogens is 2. The Morgan fingerprint density at radius 2 is 2.31 bits per heavy atom. The van der Waals surface area contributed by atoms with Crippen molar-refractivity contribution < 1.29 is 19.4 Å². The molecule has 1 aromatic heterocycles. The van der Waals surface area contributed by atoms with E-state index in [0.29, 0.717) is 5.69 Å². The van der Waals surface area contributed by atoms with Gasteiger partial charge in [-0.15, -0.1) is 0 Å². The monoisotopic (exact) mass is 226 g/mol. The average Bonchev–Trinajstić information content (AvgIpc) is 2.60. The van der Waals surface area contributed by atoms with Crippen LogP contribution in [0.2, 0.25) is 0 Å². The molecule has 0 aromatic carbocycles. The molecule has 88 valence electrons. The summed E-state index contributed by atoms with van der Waals surface area (Å²) in [4.78, 5) is 22.2. The number of hydrogen-bond donors (Lipinski definition) is 1. The molecule has 0 aliphatic rings. The summed E-state index contributed by atoms with van der Waals surface area (Å²) in [6.07, 6.45) is 1.74. The Morgan fingerprint density at radius 3 is 2.75 bits per heavy atom. The third-order valence-electron chi connectivity index (χ3n) is 2.05. The first-order valence-corrected chi connectivity index (χ1v) is 4.92. The quantitative estimate of drug-likeness (QED) is 0.574. The van der Waals surface area contributed by atoms with E-state index in [9.17, 15) is 9.59 Å². The molecule has 1 rings (SSSR count). The lowest BCUT2D eigenvalue weighted by molar-refractivity contribution is -0.158. The number of carboxylic acids is 1. The second-order valence-electron chi connectivity index (χ2n) is 3.33. The number of aliphatic carboxylic acids is 1. The van der Waals surface area contributed by atoms with Crippen molar-refractivity contribution in [3.63, 3.8) is 0 Å². The molecule has 0 aliphatic carbocycles. The van der Waals surface area contributed by atoms with Crippen LogP contribution >= 0.6 is 0 Å². The molecule has 6 heteroatoms. The van der Waals surface area contributed by atoms with Gasteiger partial charge in [-0.05, 0) is 13.0 Å². The van der Waals surface area contributed by atoms with E-state index in [0.717, 1.165) is 0 Å². The van der Waals surface area contributed by atoms with E-state index in [1.165, 1.54) is 0 Å². The molecule has 1 aromatic rings. The first-order valence-electron chi connectivity index (χ1n) is 4.92. The summed E-state index contributed by atoms with van der Waals surface area (Å²) in [7, 11) is 1.73. The van der Waals surface area contributed by atoms with Crippen LogP contribution < -0.4 is 0 Å². The van der Waals surface area contributed by atoms with Gasteiger partial charge in [-0.1, -0.05) is 0 Å². The largest absolute Gasteiger partial charge is 0.481 e. The second kappa shape index (κ2) is 5.29. The van der Waals surface area contributed by atoms with Crippen LogP contribution in [0.1, 0.15) is 12.6 Å². The maximum absolute atomic E-state index is 11.4. The van der Waals surface area contributed by atoms with Crippen LogP contribution in [-0.2, 0) is 27.8 Å². The van der Waals surface area contributed by atoms with Crippen molar-refractivity contribution in [1.82, 2.24) is 9.78 Å². The molecule has 0 fully saturated rings. The van der Waals surface area contributed by atoms with Crippen molar-refractivity contribution in [2.45, 2.75) is 13.3 Å². The van der Waals surface area contributed by atoms with Gasteiger partial charge in [0.1, 0.15) is 0 Å². The number of rotatable bonds is 5. The highest BCUT2D eigenvalue weighted by molar-refractivity contribution is 5.94. The molecule has 0 saturated carbocycles. The maximum Gasteiger partial charge on any atom is 0.320 e. The zero-order chi connectivity index (χ0) is 12.1. The molecular weight excluding hydrogens is 212 g/mol. The summed E-state index contributed by atoms with van der Waals surface area (Å²) in [5.41, 5.74) is 0.558. The van der Waals surface area contributed by atoms with Gasteiger partial charge >= 0.3 is 11.9 Å². The Hall–Kier alpha value is -1.85. The lowest BCUT2D eigenvalue weighted by Gasteiger charge is -2.09. The zero-order valence-electron chi connectivity index (χ0n) is 9.21. The van der Waals surface area contributed by atoms with Crippen molar-refractivity contribution in [2.75, 3.05) is 6.61 Å².